The van der Waals surface area contributed by atoms with E-state index in [9.17, 15) is 10.5 Å². The lowest BCUT2D eigenvalue weighted by atomic mass is 9.63. The highest BCUT2D eigenvalue weighted by Crippen LogP contribution is 2.61. The monoisotopic (exact) mass is 1350 g/mol. The molecule has 8 heteroatoms. The van der Waals surface area contributed by atoms with Gasteiger partial charge in [-0.15, -0.1) is 0 Å². The van der Waals surface area contributed by atoms with Gasteiger partial charge in [-0.2, -0.15) is 10.5 Å². The lowest BCUT2D eigenvalue weighted by Gasteiger charge is -2.36. The number of allylic oxidation sites excluding steroid dienone is 4. The molecule has 1 saturated heterocycles. The lowest BCUT2D eigenvalue weighted by Crippen LogP contribution is -2.41. The summed E-state index contributed by atoms with van der Waals surface area (Å²) in [6, 6.07) is 109. The van der Waals surface area contributed by atoms with Crippen molar-refractivity contribution < 1.29 is 9.31 Å². The average Bonchev–Trinajstić information content (AvgIpc) is 1.53. The van der Waals surface area contributed by atoms with Crippen LogP contribution in [0.5, 0.6) is 0 Å². The molecule has 1 unspecified atom stereocenters. The van der Waals surface area contributed by atoms with E-state index in [2.05, 4.69) is 335 Å². The van der Waals surface area contributed by atoms with Crippen molar-refractivity contribution in [3.63, 3.8) is 0 Å². The zero-order valence-corrected chi connectivity index (χ0v) is 57.4. The molecular formula is C92H66BBrN4O2. The van der Waals surface area contributed by atoms with Crippen molar-refractivity contribution >= 4 is 88.2 Å². The first-order valence-electron chi connectivity index (χ1n) is 34.2. The molecule has 0 spiro atoms. The first kappa shape index (κ1) is 62.2. The summed E-state index contributed by atoms with van der Waals surface area (Å²) < 4.78 is 14.1. The molecule has 19 rings (SSSR count). The van der Waals surface area contributed by atoms with Crippen molar-refractivity contribution in [2.75, 3.05) is 0 Å². The first-order chi connectivity index (χ1) is 48.9. The number of pyridine rings is 2. The van der Waals surface area contributed by atoms with Crippen LogP contribution in [0.3, 0.4) is 0 Å². The van der Waals surface area contributed by atoms with Gasteiger partial charge >= 0.3 is 7.12 Å². The minimum atomic E-state index is -0.583. The van der Waals surface area contributed by atoms with Crippen molar-refractivity contribution in [3.05, 3.63) is 381 Å². The van der Waals surface area contributed by atoms with Crippen LogP contribution < -0.4 is 0 Å². The van der Waals surface area contributed by atoms with Crippen LogP contribution >= 0.6 is 15.9 Å². The summed E-state index contributed by atoms with van der Waals surface area (Å²) in [5.74, 6) is 0.222. The molecule has 3 aliphatic carbocycles. The number of benzene rings is 13. The third kappa shape index (κ3) is 10.0. The normalized spacial score (nSPS) is 16.2. The van der Waals surface area contributed by atoms with Crippen LogP contribution in [0.25, 0.3) is 87.4 Å². The quantitative estimate of drug-likeness (QED) is 0.0936. The molecule has 1 fully saturated rings. The van der Waals surface area contributed by atoms with Gasteiger partial charge < -0.3 is 9.31 Å². The Morgan fingerprint density at radius 3 is 1.40 bits per heavy atom. The molecule has 3 heterocycles. The van der Waals surface area contributed by atoms with E-state index in [4.69, 9.17) is 19.3 Å². The van der Waals surface area contributed by atoms with Crippen molar-refractivity contribution in [2.45, 2.75) is 62.1 Å². The smallest absolute Gasteiger partial charge is 0.399 e. The minimum Gasteiger partial charge on any atom is -0.399 e. The van der Waals surface area contributed by atoms with Crippen LogP contribution in [0.2, 0.25) is 0 Å². The Morgan fingerprint density at radius 2 is 0.850 bits per heavy atom. The summed E-state index contributed by atoms with van der Waals surface area (Å²) in [5.41, 5.74) is 20.3. The Balaban J connectivity index is 0.000000121. The van der Waals surface area contributed by atoms with Gasteiger partial charge in [0.05, 0.1) is 67.4 Å². The van der Waals surface area contributed by atoms with Crippen molar-refractivity contribution in [3.8, 4) is 34.4 Å². The highest BCUT2D eigenvalue weighted by molar-refractivity contribution is 9.10. The zero-order valence-electron chi connectivity index (χ0n) is 55.8. The van der Waals surface area contributed by atoms with E-state index in [-0.39, 0.29) is 5.92 Å². The molecule has 1 aliphatic heterocycles. The summed E-state index contributed by atoms with van der Waals surface area (Å²) in [6.07, 6.45) is 5.47. The number of halogens is 1. The van der Waals surface area contributed by atoms with E-state index < -0.39 is 29.2 Å². The summed E-state index contributed by atoms with van der Waals surface area (Å²) in [7, 11) is -0.411. The minimum absolute atomic E-state index is 0.222. The molecule has 100 heavy (non-hydrogen) atoms. The van der Waals surface area contributed by atoms with E-state index in [1.165, 1.54) is 88.1 Å². The van der Waals surface area contributed by atoms with E-state index in [0.717, 1.165) is 65.7 Å². The number of hydrogen-bond acceptors (Lipinski definition) is 6. The fraction of sp³-hybridized carbons (Fsp3) is 0.109. The van der Waals surface area contributed by atoms with Gasteiger partial charge in [-0.1, -0.05) is 259 Å². The SMILES string of the molecule is Brc1cc2cc3ccccc3nc2c2ccccc12.CC1(C)OB(C2=CCC3C(=C2)C(c2ccccc2)(c2ccccc2)c2cc(C#N)ccc23)OC1(C)C.N#Cc1ccc2c(c1)C(c1ccccc1)(c1ccccc1)c1cc(-c3cc4cc5ccccc5nc4c4ccccc34)ccc1-2. The number of aromatic nitrogens is 2. The molecule has 15 aromatic rings. The second kappa shape index (κ2) is 24.6. The van der Waals surface area contributed by atoms with Crippen molar-refractivity contribution in [1.82, 2.24) is 9.97 Å². The lowest BCUT2D eigenvalue weighted by molar-refractivity contribution is 0.00578. The van der Waals surface area contributed by atoms with Crippen molar-refractivity contribution in [2.24, 2.45) is 0 Å². The molecule has 1 atom stereocenters. The molecule has 2 aromatic heterocycles. The number of fused-ring (bicyclic) bond motifs is 14. The number of nitriles is 2. The molecule has 6 nitrogen and oxygen atoms in total. The first-order valence-corrected chi connectivity index (χ1v) is 35.0. The molecule has 0 saturated carbocycles. The van der Waals surface area contributed by atoms with Crippen LogP contribution in [-0.4, -0.2) is 28.3 Å². The Labute approximate surface area is 591 Å². The largest absolute Gasteiger partial charge is 0.494 e. The topological polar surface area (TPSA) is 91.8 Å². The fourth-order valence-electron chi connectivity index (χ4n) is 16.3. The van der Waals surface area contributed by atoms with Crippen LogP contribution in [-0.2, 0) is 20.1 Å². The molecule has 13 aromatic carbocycles. The molecule has 476 valence electrons. The third-order valence-electron chi connectivity index (χ3n) is 21.6. The van der Waals surface area contributed by atoms with E-state index in [0.29, 0.717) is 11.1 Å². The van der Waals surface area contributed by atoms with E-state index >= 15 is 0 Å². The molecule has 0 bridgehead atoms. The summed E-state index contributed by atoms with van der Waals surface area (Å²) in [6.45, 7) is 8.39. The van der Waals surface area contributed by atoms with Gasteiger partial charge in [0, 0.05) is 42.7 Å². The summed E-state index contributed by atoms with van der Waals surface area (Å²) in [4.78, 5) is 9.94. The number of rotatable bonds is 6. The Bertz CT molecular complexity index is 5860. The van der Waals surface area contributed by atoms with Gasteiger partial charge in [-0.05, 0) is 189 Å². The van der Waals surface area contributed by atoms with Gasteiger partial charge in [-0.25, -0.2) is 9.97 Å². The van der Waals surface area contributed by atoms with Gasteiger partial charge in [0.2, 0.25) is 0 Å². The van der Waals surface area contributed by atoms with Gasteiger partial charge in [0.15, 0.2) is 0 Å². The maximum atomic E-state index is 9.99. The van der Waals surface area contributed by atoms with Crippen molar-refractivity contribution in [1.29, 1.82) is 10.5 Å². The molecule has 0 amide bonds. The van der Waals surface area contributed by atoms with Crippen LogP contribution in [0.4, 0.5) is 0 Å². The van der Waals surface area contributed by atoms with E-state index in [1.54, 1.807) is 0 Å². The molecule has 0 N–H and O–H groups in total. The predicted molar refractivity (Wildman–Crippen MR) is 412 cm³/mol. The maximum Gasteiger partial charge on any atom is 0.494 e. The highest BCUT2D eigenvalue weighted by Gasteiger charge is 2.56. The van der Waals surface area contributed by atoms with Crippen LogP contribution in [0, 0.1) is 22.7 Å². The molecule has 0 radical (unpaired) electrons. The van der Waals surface area contributed by atoms with Gasteiger partial charge in [0.1, 0.15) is 0 Å². The van der Waals surface area contributed by atoms with E-state index in [1.807, 2.05) is 30.3 Å². The second-order valence-electron chi connectivity index (χ2n) is 27.6. The number of para-hydroxylation sites is 2. The maximum absolute atomic E-state index is 9.99. The highest BCUT2D eigenvalue weighted by atomic mass is 79.9. The van der Waals surface area contributed by atoms with Gasteiger partial charge in [0.25, 0.3) is 0 Å². The Hall–Kier alpha value is -11.4. The Kier molecular flexibility index (Phi) is 15.3. The predicted octanol–water partition coefficient (Wildman–Crippen LogP) is 22.6. The fourth-order valence-corrected chi connectivity index (χ4v) is 16.9. The standard InChI is InChI=1S/C43H26N2.C32H30BNO2.C17H10BrN/c44-27-28-19-21-35-36-22-20-29(26-40(36)43(39(35)23-28,32-12-3-1-4-13-32)33-14-5-2-6-15-33)38-25-31-24-30-11-7-10-18-41(30)45-42(31)37-17-9-8-16-34(37)38;1-30(2)31(3,4)36-33(35-30)25-16-18-27-26-17-15-22(21-34)19-28(26)32(29(27)20-25,23-11-7-5-8-12-23)24-13-9-6-10-14-24;18-15-10-12-9-11-5-1-4-8-16(11)19-17(12)14-7-3-2-6-13(14)15/h1-26H;5-17,19-20,27H,18H2,1-4H3;1-10H. The second-order valence-corrected chi connectivity index (χ2v) is 28.4. The van der Waals surface area contributed by atoms with Gasteiger partial charge in [-0.3, -0.25) is 0 Å². The number of nitrogens with zero attached hydrogens (tertiary/aromatic N) is 4. The average molecular weight is 1350 g/mol. The zero-order chi connectivity index (χ0) is 67.9. The summed E-state index contributed by atoms with van der Waals surface area (Å²) in [5, 5.41) is 29.1. The molecular weight excluding hydrogens is 1280 g/mol. The number of hydrogen-bond donors (Lipinski definition) is 0. The van der Waals surface area contributed by atoms with Crippen LogP contribution in [0.1, 0.15) is 95.7 Å². The van der Waals surface area contributed by atoms with Crippen LogP contribution in [0.15, 0.2) is 325 Å². The third-order valence-corrected chi connectivity index (χ3v) is 22.3. The summed E-state index contributed by atoms with van der Waals surface area (Å²) >= 11 is 3.65. The Morgan fingerprint density at radius 1 is 0.410 bits per heavy atom. The molecule has 4 aliphatic rings.